The van der Waals surface area contributed by atoms with E-state index in [9.17, 15) is 0 Å². The van der Waals surface area contributed by atoms with Crippen molar-refractivity contribution in [3.63, 3.8) is 0 Å². The van der Waals surface area contributed by atoms with Crippen molar-refractivity contribution in [3.8, 4) is 0 Å². The molecule has 3 fully saturated rings. The summed E-state index contributed by atoms with van der Waals surface area (Å²) in [4.78, 5) is 2.72. The molecule has 2 nitrogen and oxygen atoms in total. The molecule has 0 N–H and O–H groups in total. The van der Waals surface area contributed by atoms with Gasteiger partial charge in [0.05, 0.1) is 0 Å². The Hall–Kier alpha value is -1.96. The van der Waals surface area contributed by atoms with Gasteiger partial charge in [-0.1, -0.05) is 18.2 Å². The van der Waals surface area contributed by atoms with Crippen molar-refractivity contribution in [1.82, 2.24) is 0 Å². The van der Waals surface area contributed by atoms with E-state index in [4.69, 9.17) is 4.42 Å². The van der Waals surface area contributed by atoms with Gasteiger partial charge in [-0.05, 0) is 69.2 Å². The molecule has 0 spiro atoms. The zero-order valence-electron chi connectivity index (χ0n) is 13.9. The predicted octanol–water partition coefficient (Wildman–Crippen LogP) is 5.66. The second-order valence-electron chi connectivity index (χ2n) is 7.45. The average molecular weight is 305 g/mol. The Morgan fingerprint density at radius 3 is 2.52 bits per heavy atom. The van der Waals surface area contributed by atoms with Crippen LogP contribution in [0.1, 0.15) is 38.2 Å². The summed E-state index contributed by atoms with van der Waals surface area (Å²) >= 11 is 0. The Morgan fingerprint density at radius 1 is 0.957 bits per heavy atom. The number of hydrogen-bond acceptors (Lipinski definition) is 2. The van der Waals surface area contributed by atoms with Gasteiger partial charge in [-0.2, -0.15) is 0 Å². The van der Waals surface area contributed by atoms with E-state index in [-0.39, 0.29) is 0 Å². The van der Waals surface area contributed by atoms with Crippen molar-refractivity contribution in [3.05, 3.63) is 42.0 Å². The number of furan rings is 1. The fraction of sp³-hybridized carbons (Fsp3) is 0.429. The average Bonchev–Trinajstić information content (AvgIpc) is 2.93. The molecule has 1 aliphatic carbocycles. The molecule has 1 saturated carbocycles. The fourth-order valence-corrected chi connectivity index (χ4v) is 4.98. The van der Waals surface area contributed by atoms with E-state index in [1.807, 2.05) is 6.07 Å². The van der Waals surface area contributed by atoms with Gasteiger partial charge in [0, 0.05) is 28.5 Å². The molecule has 2 bridgehead atoms. The summed E-state index contributed by atoms with van der Waals surface area (Å²) in [6, 6.07) is 14.4. The molecule has 6 rings (SSSR count). The van der Waals surface area contributed by atoms with Crippen LogP contribution in [0.5, 0.6) is 0 Å². The molecule has 23 heavy (non-hydrogen) atoms. The summed E-state index contributed by atoms with van der Waals surface area (Å²) in [6.07, 6.45) is 5.55. The molecule has 2 aromatic carbocycles. The third-order valence-electron chi connectivity index (χ3n) is 6.23. The molecule has 2 aliphatic heterocycles. The summed E-state index contributed by atoms with van der Waals surface area (Å²) < 4.78 is 6.05. The van der Waals surface area contributed by atoms with Crippen LogP contribution in [0, 0.1) is 12.8 Å². The van der Waals surface area contributed by atoms with Crippen LogP contribution in [0.3, 0.4) is 0 Å². The zero-order chi connectivity index (χ0) is 15.6. The van der Waals surface area contributed by atoms with E-state index >= 15 is 0 Å². The van der Waals surface area contributed by atoms with Gasteiger partial charge in [-0.3, -0.25) is 0 Å². The minimum Gasteiger partial charge on any atom is -0.456 e. The molecular weight excluding hydrogens is 282 g/mol. The molecular formula is C21H23NO. The van der Waals surface area contributed by atoms with E-state index in [0.29, 0.717) is 6.04 Å². The van der Waals surface area contributed by atoms with Gasteiger partial charge in [0.15, 0.2) is 0 Å². The lowest BCUT2D eigenvalue weighted by Gasteiger charge is -2.52. The monoisotopic (exact) mass is 305 g/mol. The van der Waals surface area contributed by atoms with Gasteiger partial charge in [-0.15, -0.1) is 0 Å². The van der Waals surface area contributed by atoms with Crippen LogP contribution >= 0.6 is 0 Å². The van der Waals surface area contributed by atoms with Crippen molar-refractivity contribution in [1.29, 1.82) is 0 Å². The normalized spacial score (nSPS) is 27.2. The molecule has 2 heteroatoms. The van der Waals surface area contributed by atoms with Crippen LogP contribution in [0.2, 0.25) is 0 Å². The van der Waals surface area contributed by atoms with Crippen LogP contribution in [0.15, 0.2) is 40.8 Å². The number of benzene rings is 2. The number of rotatable bonds is 1. The van der Waals surface area contributed by atoms with E-state index in [2.05, 4.69) is 49.1 Å². The van der Waals surface area contributed by atoms with E-state index < -0.39 is 0 Å². The number of piperidine rings is 2. The molecule has 0 amide bonds. The Morgan fingerprint density at radius 2 is 1.74 bits per heavy atom. The highest BCUT2D eigenvalue weighted by Crippen LogP contribution is 2.44. The van der Waals surface area contributed by atoms with E-state index in [0.717, 1.165) is 23.1 Å². The summed E-state index contributed by atoms with van der Waals surface area (Å²) in [7, 11) is 0. The van der Waals surface area contributed by atoms with Crippen LogP contribution in [0.4, 0.5) is 5.69 Å². The van der Waals surface area contributed by atoms with Crippen molar-refractivity contribution >= 4 is 27.6 Å². The van der Waals surface area contributed by atoms with Gasteiger partial charge in [0.1, 0.15) is 11.2 Å². The van der Waals surface area contributed by atoms with Crippen LogP contribution in [-0.2, 0) is 0 Å². The summed E-state index contributed by atoms with van der Waals surface area (Å²) in [5, 5.41) is 2.49. The van der Waals surface area contributed by atoms with Crippen LogP contribution in [-0.4, -0.2) is 12.1 Å². The molecule has 118 valence electrons. The number of anilines is 1. The maximum Gasteiger partial charge on any atom is 0.135 e. The van der Waals surface area contributed by atoms with E-state index in [1.54, 1.807) is 0 Å². The number of hydrogen-bond donors (Lipinski definition) is 0. The summed E-state index contributed by atoms with van der Waals surface area (Å²) in [6.45, 7) is 4.66. The second-order valence-corrected chi connectivity index (χ2v) is 7.45. The van der Waals surface area contributed by atoms with Crippen LogP contribution in [0.25, 0.3) is 21.9 Å². The van der Waals surface area contributed by atoms with Crippen molar-refractivity contribution in [2.75, 3.05) is 4.90 Å². The molecule has 1 atom stereocenters. The SMILES string of the molecule is Cc1cc2oc3ccccc3c2cc1N1C2CCC(CC2)[C@@H]1C. The number of aryl methyl sites for hydroxylation is 1. The van der Waals surface area contributed by atoms with E-state index in [1.165, 1.54) is 47.7 Å². The maximum atomic E-state index is 6.05. The largest absolute Gasteiger partial charge is 0.456 e. The van der Waals surface area contributed by atoms with Crippen LogP contribution < -0.4 is 4.90 Å². The Balaban J connectivity index is 1.72. The number of nitrogens with zero attached hydrogens (tertiary/aromatic N) is 1. The predicted molar refractivity (Wildman–Crippen MR) is 96.1 cm³/mol. The summed E-state index contributed by atoms with van der Waals surface area (Å²) in [5.41, 5.74) is 4.77. The first kappa shape index (κ1) is 13.5. The Bertz CT molecular complexity index is 883. The number of fused-ring (bicyclic) bond motifs is 6. The molecule has 3 aromatic rings. The van der Waals surface area contributed by atoms with Crippen molar-refractivity contribution in [2.24, 2.45) is 5.92 Å². The highest BCUT2D eigenvalue weighted by Gasteiger charge is 2.39. The fourth-order valence-electron chi connectivity index (χ4n) is 4.98. The third-order valence-corrected chi connectivity index (χ3v) is 6.23. The standard InChI is InChI=1S/C21H23NO/c1-13-11-21-18(17-5-3-4-6-20(17)23-21)12-19(13)22-14(2)15-7-9-16(22)10-8-15/h3-6,11-12,14-16H,7-10H2,1-2H3/t14-,15?,16?/m0/s1. The highest BCUT2D eigenvalue weighted by atomic mass is 16.3. The molecule has 1 aromatic heterocycles. The Kier molecular flexibility index (Phi) is 2.79. The first-order valence-corrected chi connectivity index (χ1v) is 8.92. The first-order valence-electron chi connectivity index (χ1n) is 8.92. The zero-order valence-corrected chi connectivity index (χ0v) is 13.9. The summed E-state index contributed by atoms with van der Waals surface area (Å²) in [5.74, 6) is 0.871. The van der Waals surface area contributed by atoms with Crippen molar-refractivity contribution in [2.45, 2.75) is 51.6 Å². The van der Waals surface area contributed by atoms with Crippen molar-refractivity contribution < 1.29 is 4.42 Å². The maximum absolute atomic E-state index is 6.05. The third kappa shape index (κ3) is 1.87. The molecule has 3 heterocycles. The van der Waals surface area contributed by atoms with Gasteiger partial charge >= 0.3 is 0 Å². The van der Waals surface area contributed by atoms with Gasteiger partial charge < -0.3 is 9.32 Å². The smallest absolute Gasteiger partial charge is 0.135 e. The second kappa shape index (κ2) is 4.77. The number of para-hydroxylation sites is 1. The molecule has 2 saturated heterocycles. The lowest BCUT2D eigenvalue weighted by Crippen LogP contribution is -2.54. The minimum atomic E-state index is 0.664. The topological polar surface area (TPSA) is 16.4 Å². The van der Waals surface area contributed by atoms with Gasteiger partial charge in [0.25, 0.3) is 0 Å². The van der Waals surface area contributed by atoms with Gasteiger partial charge in [0.2, 0.25) is 0 Å². The molecule has 3 aliphatic rings. The quantitative estimate of drug-likeness (QED) is 0.576. The molecule has 0 unspecified atom stereocenters. The lowest BCUT2D eigenvalue weighted by atomic mass is 9.74. The van der Waals surface area contributed by atoms with Gasteiger partial charge in [-0.25, -0.2) is 0 Å². The minimum absolute atomic E-state index is 0.664. The lowest BCUT2D eigenvalue weighted by molar-refractivity contribution is 0.200. The Labute approximate surface area is 137 Å². The first-order chi connectivity index (χ1) is 11.2. The highest BCUT2D eigenvalue weighted by molar-refractivity contribution is 6.06. The molecule has 0 radical (unpaired) electrons.